The van der Waals surface area contributed by atoms with Gasteiger partial charge in [-0.15, -0.1) is 0 Å². The Hall–Kier alpha value is -1.30. The van der Waals surface area contributed by atoms with E-state index in [2.05, 4.69) is 49.9 Å². The number of rotatable bonds is 9. The van der Waals surface area contributed by atoms with Crippen LogP contribution in [0.25, 0.3) is 12.2 Å². The molecule has 1 rings (SSSR count). The van der Waals surface area contributed by atoms with E-state index in [1.807, 2.05) is 6.08 Å². The molecule has 0 radical (unpaired) electrons. The van der Waals surface area contributed by atoms with Crippen LogP contribution >= 0.6 is 0 Å². The van der Waals surface area contributed by atoms with Crippen molar-refractivity contribution in [2.75, 3.05) is 0 Å². The topological polar surface area (TPSA) is 0 Å². The summed E-state index contributed by atoms with van der Waals surface area (Å²) in [6, 6.07) is 8.39. The molecule has 1 aromatic rings. The van der Waals surface area contributed by atoms with Crippen LogP contribution in [0.5, 0.6) is 0 Å². The molecule has 0 saturated heterocycles. The Morgan fingerprint density at radius 1 is 0.944 bits per heavy atom. The maximum atomic E-state index is 3.84. The zero-order valence-corrected chi connectivity index (χ0v) is 11.7. The van der Waals surface area contributed by atoms with Gasteiger partial charge in [0.05, 0.1) is 0 Å². The Morgan fingerprint density at radius 3 is 2.33 bits per heavy atom. The second-order valence-electron chi connectivity index (χ2n) is 4.79. The summed E-state index contributed by atoms with van der Waals surface area (Å²) in [5.74, 6) is 0. The number of allylic oxidation sites excluding steroid dienone is 1. The first-order valence-electron chi connectivity index (χ1n) is 7.26. The van der Waals surface area contributed by atoms with Crippen LogP contribution in [0.1, 0.15) is 63.0 Å². The van der Waals surface area contributed by atoms with Crippen molar-refractivity contribution in [2.45, 2.75) is 51.9 Å². The molecule has 1 aromatic carbocycles. The van der Waals surface area contributed by atoms with Gasteiger partial charge in [-0.25, -0.2) is 0 Å². The summed E-state index contributed by atoms with van der Waals surface area (Å²) in [7, 11) is 0. The highest BCUT2D eigenvalue weighted by Gasteiger charge is 1.92. The first-order chi connectivity index (χ1) is 8.88. The minimum atomic E-state index is 1.19. The van der Waals surface area contributed by atoms with Crippen LogP contribution in [0, 0.1) is 0 Å². The standard InChI is InChI=1S/C18H26/c1-3-5-6-7-8-9-10-11-15-18-16-13-12-14-17(18)4-2/h4,11-16H,2-3,5-10H2,1H3. The van der Waals surface area contributed by atoms with Crippen LogP contribution in [0.2, 0.25) is 0 Å². The molecule has 0 nitrogen and oxygen atoms in total. The van der Waals surface area contributed by atoms with E-state index < -0.39 is 0 Å². The van der Waals surface area contributed by atoms with E-state index in [4.69, 9.17) is 0 Å². The van der Waals surface area contributed by atoms with Crippen LogP contribution < -0.4 is 0 Å². The average molecular weight is 242 g/mol. The summed E-state index contributed by atoms with van der Waals surface area (Å²) in [5.41, 5.74) is 2.50. The molecule has 0 atom stereocenters. The molecule has 0 saturated carbocycles. The largest absolute Gasteiger partial charge is 0.0984 e. The van der Waals surface area contributed by atoms with Crippen LogP contribution in [0.4, 0.5) is 0 Å². The Balaban J connectivity index is 2.22. The molecule has 0 aliphatic heterocycles. The average Bonchev–Trinajstić information content (AvgIpc) is 2.42. The molecular formula is C18H26. The van der Waals surface area contributed by atoms with Crippen LogP contribution in [-0.4, -0.2) is 0 Å². The van der Waals surface area contributed by atoms with Crippen LogP contribution in [-0.2, 0) is 0 Å². The maximum Gasteiger partial charge on any atom is -0.0187 e. The van der Waals surface area contributed by atoms with Gasteiger partial charge in [0.2, 0.25) is 0 Å². The monoisotopic (exact) mass is 242 g/mol. The second kappa shape index (κ2) is 9.70. The molecule has 0 amide bonds. The summed E-state index contributed by atoms with van der Waals surface area (Å²) in [5, 5.41) is 0. The molecule has 0 aliphatic rings. The van der Waals surface area contributed by atoms with Gasteiger partial charge in [-0.2, -0.15) is 0 Å². The highest BCUT2D eigenvalue weighted by atomic mass is 14.0. The minimum absolute atomic E-state index is 1.19. The molecule has 98 valence electrons. The van der Waals surface area contributed by atoms with Gasteiger partial charge in [0.15, 0.2) is 0 Å². The molecule has 0 aromatic heterocycles. The Labute approximate surface area is 112 Å². The van der Waals surface area contributed by atoms with Crippen molar-refractivity contribution in [2.24, 2.45) is 0 Å². The van der Waals surface area contributed by atoms with Crippen molar-refractivity contribution in [1.82, 2.24) is 0 Å². The van der Waals surface area contributed by atoms with E-state index in [0.29, 0.717) is 0 Å². The first kappa shape index (κ1) is 14.8. The smallest absolute Gasteiger partial charge is 0.0187 e. The zero-order valence-electron chi connectivity index (χ0n) is 11.7. The fourth-order valence-corrected chi connectivity index (χ4v) is 2.10. The summed E-state index contributed by atoms with van der Waals surface area (Å²) < 4.78 is 0. The van der Waals surface area contributed by atoms with Gasteiger partial charge >= 0.3 is 0 Å². The molecular weight excluding hydrogens is 216 g/mol. The molecule has 0 heterocycles. The van der Waals surface area contributed by atoms with E-state index in [9.17, 15) is 0 Å². The highest BCUT2D eigenvalue weighted by Crippen LogP contribution is 2.13. The molecule has 0 spiro atoms. The van der Waals surface area contributed by atoms with E-state index >= 15 is 0 Å². The predicted molar refractivity (Wildman–Crippen MR) is 83.6 cm³/mol. The third-order valence-electron chi connectivity index (χ3n) is 3.24. The van der Waals surface area contributed by atoms with Crippen LogP contribution in [0.15, 0.2) is 36.9 Å². The first-order valence-corrected chi connectivity index (χ1v) is 7.26. The lowest BCUT2D eigenvalue weighted by molar-refractivity contribution is 0.611. The van der Waals surface area contributed by atoms with Crippen molar-refractivity contribution < 1.29 is 0 Å². The lowest BCUT2D eigenvalue weighted by Gasteiger charge is -2.00. The van der Waals surface area contributed by atoms with Gasteiger partial charge in [-0.1, -0.05) is 88.1 Å². The number of benzene rings is 1. The molecule has 0 bridgehead atoms. The fraction of sp³-hybridized carbons (Fsp3) is 0.444. The van der Waals surface area contributed by atoms with Crippen LogP contribution in [0.3, 0.4) is 0 Å². The van der Waals surface area contributed by atoms with Crippen molar-refractivity contribution in [1.29, 1.82) is 0 Å². The third kappa shape index (κ3) is 5.86. The molecule has 0 heteroatoms. The molecule has 18 heavy (non-hydrogen) atoms. The summed E-state index contributed by atoms with van der Waals surface area (Å²) in [4.78, 5) is 0. The molecule has 0 aliphatic carbocycles. The zero-order chi connectivity index (χ0) is 13.1. The van der Waals surface area contributed by atoms with Gasteiger partial charge in [-0.3, -0.25) is 0 Å². The SMILES string of the molecule is C=Cc1ccccc1C=CCCCCCCCC. The lowest BCUT2D eigenvalue weighted by Crippen LogP contribution is -1.79. The van der Waals surface area contributed by atoms with Gasteiger partial charge < -0.3 is 0 Å². The van der Waals surface area contributed by atoms with Gasteiger partial charge in [0.25, 0.3) is 0 Å². The van der Waals surface area contributed by atoms with Crippen molar-refractivity contribution in [3.8, 4) is 0 Å². The molecule has 0 fully saturated rings. The van der Waals surface area contributed by atoms with E-state index in [1.54, 1.807) is 0 Å². The van der Waals surface area contributed by atoms with Gasteiger partial charge in [0.1, 0.15) is 0 Å². The third-order valence-corrected chi connectivity index (χ3v) is 3.24. The lowest BCUT2D eigenvalue weighted by atomic mass is 10.1. The fourth-order valence-electron chi connectivity index (χ4n) is 2.10. The van der Waals surface area contributed by atoms with Crippen molar-refractivity contribution in [3.63, 3.8) is 0 Å². The summed E-state index contributed by atoms with van der Waals surface area (Å²) >= 11 is 0. The number of unbranched alkanes of at least 4 members (excludes halogenated alkanes) is 6. The van der Waals surface area contributed by atoms with Crippen molar-refractivity contribution >= 4 is 12.2 Å². The van der Waals surface area contributed by atoms with Gasteiger partial charge in [0, 0.05) is 0 Å². The van der Waals surface area contributed by atoms with E-state index in [-0.39, 0.29) is 0 Å². The maximum absolute atomic E-state index is 3.84. The highest BCUT2D eigenvalue weighted by molar-refractivity contribution is 5.64. The molecule has 0 unspecified atom stereocenters. The van der Waals surface area contributed by atoms with E-state index in [0.717, 1.165) is 0 Å². The Morgan fingerprint density at radius 2 is 1.61 bits per heavy atom. The van der Waals surface area contributed by atoms with Gasteiger partial charge in [-0.05, 0) is 24.0 Å². The normalized spacial score (nSPS) is 10.9. The van der Waals surface area contributed by atoms with Crippen molar-refractivity contribution in [3.05, 3.63) is 48.0 Å². The Bertz CT molecular complexity index is 360. The van der Waals surface area contributed by atoms with E-state index in [1.165, 1.54) is 56.1 Å². The Kier molecular flexibility index (Phi) is 7.96. The summed E-state index contributed by atoms with van der Waals surface area (Å²) in [6.45, 7) is 6.11. The number of hydrogen-bond acceptors (Lipinski definition) is 0. The quantitative estimate of drug-likeness (QED) is 0.459. The second-order valence-corrected chi connectivity index (χ2v) is 4.79. The minimum Gasteiger partial charge on any atom is -0.0984 e. The summed E-state index contributed by atoms with van der Waals surface area (Å²) in [6.07, 6.45) is 15.8. The predicted octanol–water partition coefficient (Wildman–Crippen LogP) is 6.09. The number of hydrogen-bond donors (Lipinski definition) is 0. The molecule has 0 N–H and O–H groups in total.